The molecule has 1 saturated heterocycles. The molecule has 0 saturated carbocycles. The van der Waals surface area contributed by atoms with Gasteiger partial charge < -0.3 is 20.7 Å². The highest BCUT2D eigenvalue weighted by Crippen LogP contribution is 2.12. The molecule has 24 heavy (non-hydrogen) atoms. The molecule has 1 aliphatic heterocycles. The number of amides is 2. The Morgan fingerprint density at radius 2 is 1.96 bits per heavy atom. The lowest BCUT2D eigenvalue weighted by Crippen LogP contribution is -2.53. The van der Waals surface area contributed by atoms with E-state index in [0.29, 0.717) is 25.3 Å². The summed E-state index contributed by atoms with van der Waals surface area (Å²) >= 11 is 0. The Bertz CT molecular complexity index is 549. The molecule has 2 atom stereocenters. The highest BCUT2D eigenvalue weighted by atomic mass is 35.5. The summed E-state index contributed by atoms with van der Waals surface area (Å²) in [7, 11) is 0. The minimum Gasteiger partial charge on any atom is -0.375 e. The lowest BCUT2D eigenvalue weighted by molar-refractivity contribution is -0.124. The smallest absolute Gasteiger partial charge is 0.244 e. The van der Waals surface area contributed by atoms with E-state index in [1.54, 1.807) is 0 Å². The molecule has 1 aromatic carbocycles. The number of anilines is 1. The fraction of sp³-hybridized carbons (Fsp3) is 0.529. The zero-order valence-electron chi connectivity index (χ0n) is 14.3. The molecule has 7 heteroatoms. The van der Waals surface area contributed by atoms with Crippen molar-refractivity contribution in [3.63, 3.8) is 0 Å². The van der Waals surface area contributed by atoms with E-state index >= 15 is 0 Å². The van der Waals surface area contributed by atoms with Gasteiger partial charge in [-0.3, -0.25) is 9.59 Å². The Morgan fingerprint density at radius 3 is 2.54 bits per heavy atom. The second-order valence-corrected chi connectivity index (χ2v) is 6.09. The minimum atomic E-state index is -0.347. The van der Waals surface area contributed by atoms with E-state index in [1.165, 1.54) is 0 Å². The molecule has 2 amide bonds. The summed E-state index contributed by atoms with van der Waals surface area (Å²) < 4.78 is 5.48. The molecule has 1 heterocycles. The van der Waals surface area contributed by atoms with Gasteiger partial charge in [-0.15, -0.1) is 12.4 Å². The van der Waals surface area contributed by atoms with Crippen molar-refractivity contribution in [3.05, 3.63) is 29.8 Å². The van der Waals surface area contributed by atoms with E-state index in [0.717, 1.165) is 5.56 Å². The van der Waals surface area contributed by atoms with Gasteiger partial charge in [-0.25, -0.2) is 0 Å². The van der Waals surface area contributed by atoms with Crippen LogP contribution in [0.1, 0.15) is 26.3 Å². The zero-order valence-corrected chi connectivity index (χ0v) is 15.1. The summed E-state index contributed by atoms with van der Waals surface area (Å²) in [5.74, 6) is -0.114. The molecule has 0 spiro atoms. The predicted molar refractivity (Wildman–Crippen MR) is 96.5 cm³/mol. The Hall–Kier alpha value is -1.63. The number of morpholine rings is 1. The van der Waals surface area contributed by atoms with Crippen LogP contribution in [0.15, 0.2) is 24.3 Å². The second kappa shape index (κ2) is 9.61. The van der Waals surface area contributed by atoms with Crippen LogP contribution in [0, 0.1) is 0 Å². The first-order valence-electron chi connectivity index (χ1n) is 8.00. The van der Waals surface area contributed by atoms with Gasteiger partial charge in [0.05, 0.1) is 19.1 Å². The minimum absolute atomic E-state index is 0. The summed E-state index contributed by atoms with van der Waals surface area (Å²) in [6.07, 6.45) is 0.185. The van der Waals surface area contributed by atoms with Crippen molar-refractivity contribution in [2.75, 3.05) is 18.5 Å². The van der Waals surface area contributed by atoms with Gasteiger partial charge in [-0.05, 0) is 38.5 Å². The summed E-state index contributed by atoms with van der Waals surface area (Å²) in [4.78, 5) is 24.0. The Labute approximate surface area is 149 Å². The van der Waals surface area contributed by atoms with Gasteiger partial charge in [0, 0.05) is 18.3 Å². The number of hydrogen-bond acceptors (Lipinski definition) is 4. The first kappa shape index (κ1) is 20.4. The van der Waals surface area contributed by atoms with E-state index < -0.39 is 0 Å². The van der Waals surface area contributed by atoms with Crippen LogP contribution in [-0.4, -0.2) is 43.2 Å². The molecular formula is C17H26ClN3O3. The molecule has 0 aliphatic carbocycles. The fourth-order valence-electron chi connectivity index (χ4n) is 2.51. The second-order valence-electron chi connectivity index (χ2n) is 6.09. The summed E-state index contributed by atoms with van der Waals surface area (Å²) in [6.45, 7) is 7.04. The van der Waals surface area contributed by atoms with Gasteiger partial charge in [0.1, 0.15) is 6.04 Å². The molecule has 0 radical (unpaired) electrons. The van der Waals surface area contributed by atoms with Crippen molar-refractivity contribution in [1.82, 2.24) is 10.6 Å². The number of hydrogen-bond donors (Lipinski definition) is 3. The monoisotopic (exact) mass is 355 g/mol. The Balaban J connectivity index is 0.00000288. The lowest BCUT2D eigenvalue weighted by atomic mass is 10.1. The molecule has 6 nitrogen and oxygen atoms in total. The number of rotatable bonds is 5. The van der Waals surface area contributed by atoms with E-state index in [4.69, 9.17) is 4.74 Å². The zero-order chi connectivity index (χ0) is 16.8. The van der Waals surface area contributed by atoms with Gasteiger partial charge in [0.25, 0.3) is 0 Å². The molecule has 3 N–H and O–H groups in total. The van der Waals surface area contributed by atoms with Gasteiger partial charge in [0.15, 0.2) is 0 Å². The van der Waals surface area contributed by atoms with Crippen molar-refractivity contribution in [2.45, 2.75) is 45.4 Å². The first-order chi connectivity index (χ1) is 11.0. The van der Waals surface area contributed by atoms with Crippen molar-refractivity contribution in [2.24, 2.45) is 0 Å². The molecule has 0 aromatic heterocycles. The highest BCUT2D eigenvalue weighted by Gasteiger charge is 2.28. The van der Waals surface area contributed by atoms with Gasteiger partial charge in [0.2, 0.25) is 11.8 Å². The Kier molecular flexibility index (Phi) is 8.18. The van der Waals surface area contributed by atoms with Crippen molar-refractivity contribution < 1.29 is 14.3 Å². The van der Waals surface area contributed by atoms with Crippen LogP contribution in [0.5, 0.6) is 0 Å². The average molecular weight is 356 g/mol. The number of nitrogens with one attached hydrogen (secondary N) is 3. The van der Waals surface area contributed by atoms with Crippen LogP contribution in [0.4, 0.5) is 5.69 Å². The molecule has 1 aliphatic rings. The maximum Gasteiger partial charge on any atom is 0.244 e. The molecule has 0 unspecified atom stereocenters. The molecule has 134 valence electrons. The third-order valence-electron chi connectivity index (χ3n) is 3.63. The van der Waals surface area contributed by atoms with Crippen molar-refractivity contribution >= 4 is 29.9 Å². The predicted octanol–water partition coefficient (Wildman–Crippen LogP) is 1.49. The van der Waals surface area contributed by atoms with Crippen LogP contribution < -0.4 is 16.0 Å². The standard InChI is InChI=1S/C17H25N3O3.ClH/c1-11(2)19-15(21)10-13-4-6-14(7-5-13)20-17(22)16-12(3)23-9-8-18-16;/h4-7,11-12,16,18H,8-10H2,1-3H3,(H,19,21)(H,20,22);1H/t12-,16+;/m1./s1. The first-order valence-corrected chi connectivity index (χ1v) is 8.00. The number of benzene rings is 1. The lowest BCUT2D eigenvalue weighted by Gasteiger charge is -2.29. The normalized spacial score (nSPS) is 20.2. The molecule has 1 fully saturated rings. The van der Waals surface area contributed by atoms with Crippen LogP contribution in [0.25, 0.3) is 0 Å². The third-order valence-corrected chi connectivity index (χ3v) is 3.63. The van der Waals surface area contributed by atoms with E-state index in [1.807, 2.05) is 45.0 Å². The summed E-state index contributed by atoms with van der Waals surface area (Å²) in [5.41, 5.74) is 1.62. The summed E-state index contributed by atoms with van der Waals surface area (Å²) in [5, 5.41) is 8.88. The molecular weight excluding hydrogens is 330 g/mol. The summed E-state index contributed by atoms with van der Waals surface area (Å²) in [6, 6.07) is 7.11. The molecule has 2 rings (SSSR count). The van der Waals surface area contributed by atoms with Crippen molar-refractivity contribution in [3.8, 4) is 0 Å². The van der Waals surface area contributed by atoms with Crippen molar-refractivity contribution in [1.29, 1.82) is 0 Å². The number of carbonyl (C=O) groups excluding carboxylic acids is 2. The average Bonchev–Trinajstić information content (AvgIpc) is 2.48. The highest BCUT2D eigenvalue weighted by molar-refractivity contribution is 5.95. The number of halogens is 1. The maximum atomic E-state index is 12.2. The van der Waals surface area contributed by atoms with Crippen LogP contribution in [-0.2, 0) is 20.7 Å². The quantitative estimate of drug-likeness (QED) is 0.747. The Morgan fingerprint density at radius 1 is 1.29 bits per heavy atom. The van der Waals surface area contributed by atoms with Crippen LogP contribution >= 0.6 is 12.4 Å². The van der Waals surface area contributed by atoms with Crippen LogP contribution in [0.2, 0.25) is 0 Å². The van der Waals surface area contributed by atoms with Crippen LogP contribution in [0.3, 0.4) is 0 Å². The van der Waals surface area contributed by atoms with E-state index in [9.17, 15) is 9.59 Å². The largest absolute Gasteiger partial charge is 0.375 e. The molecule has 0 bridgehead atoms. The fourth-order valence-corrected chi connectivity index (χ4v) is 2.51. The molecule has 1 aromatic rings. The number of carbonyl (C=O) groups is 2. The number of ether oxygens (including phenoxy) is 1. The van der Waals surface area contributed by atoms with Gasteiger partial charge in [-0.1, -0.05) is 12.1 Å². The van der Waals surface area contributed by atoms with Gasteiger partial charge >= 0.3 is 0 Å². The third kappa shape index (κ3) is 6.11. The van der Waals surface area contributed by atoms with Gasteiger partial charge in [-0.2, -0.15) is 0 Å². The van der Waals surface area contributed by atoms with E-state index in [2.05, 4.69) is 16.0 Å². The maximum absolute atomic E-state index is 12.2. The van der Waals surface area contributed by atoms with E-state index in [-0.39, 0.29) is 42.4 Å². The topological polar surface area (TPSA) is 79.5 Å². The SMILES string of the molecule is CC(C)NC(=O)Cc1ccc(NC(=O)[C@H]2NCCO[C@@H]2C)cc1.Cl.